The van der Waals surface area contributed by atoms with Gasteiger partial charge in [-0.1, -0.05) is 13.8 Å². The molecule has 1 rings (SSSR count). The second-order valence-electron chi connectivity index (χ2n) is 3.78. The minimum Gasteiger partial charge on any atom is -0.352 e. The van der Waals surface area contributed by atoms with Crippen molar-refractivity contribution < 1.29 is 4.79 Å². The van der Waals surface area contributed by atoms with Crippen LogP contribution >= 0.6 is 0 Å². The molecule has 1 amide bonds. The molecule has 3 nitrogen and oxygen atoms in total. The highest BCUT2D eigenvalue weighted by molar-refractivity contribution is 5.82. The summed E-state index contributed by atoms with van der Waals surface area (Å²) in [5.41, 5.74) is 0. The van der Waals surface area contributed by atoms with Crippen molar-refractivity contribution in [3.05, 3.63) is 0 Å². The number of hydrogen-bond acceptors (Lipinski definition) is 2. The van der Waals surface area contributed by atoms with Crippen LogP contribution in [-0.2, 0) is 4.79 Å². The monoisotopic (exact) mass is 170 g/mol. The number of amides is 1. The Labute approximate surface area is 73.9 Å². The molecule has 0 saturated carbocycles. The molecular formula is C9H18N2O. The van der Waals surface area contributed by atoms with E-state index in [4.69, 9.17) is 0 Å². The van der Waals surface area contributed by atoms with Crippen molar-refractivity contribution in [2.45, 2.75) is 38.8 Å². The van der Waals surface area contributed by atoms with Gasteiger partial charge in [0.15, 0.2) is 0 Å². The number of nitrogens with one attached hydrogen (secondary N) is 2. The number of rotatable bonds is 2. The van der Waals surface area contributed by atoms with Crippen molar-refractivity contribution in [1.82, 2.24) is 10.6 Å². The fraction of sp³-hybridized carbons (Fsp3) is 0.889. The SMILES string of the molecule is CNC1CCC(C(C)C)NC1=O. The average molecular weight is 170 g/mol. The van der Waals surface area contributed by atoms with Crippen molar-refractivity contribution in [2.24, 2.45) is 5.92 Å². The third-order valence-corrected chi connectivity index (χ3v) is 2.56. The zero-order valence-corrected chi connectivity index (χ0v) is 8.05. The van der Waals surface area contributed by atoms with Gasteiger partial charge in [0.05, 0.1) is 6.04 Å². The molecule has 0 radical (unpaired) electrons. The van der Waals surface area contributed by atoms with Gasteiger partial charge in [-0.2, -0.15) is 0 Å². The smallest absolute Gasteiger partial charge is 0.237 e. The van der Waals surface area contributed by atoms with Gasteiger partial charge in [0, 0.05) is 6.04 Å². The van der Waals surface area contributed by atoms with Crippen LogP contribution in [-0.4, -0.2) is 25.0 Å². The van der Waals surface area contributed by atoms with Crippen LogP contribution in [0.2, 0.25) is 0 Å². The average Bonchev–Trinajstić information content (AvgIpc) is 2.04. The summed E-state index contributed by atoms with van der Waals surface area (Å²) in [5, 5.41) is 6.02. The van der Waals surface area contributed by atoms with Crippen LogP contribution in [0.5, 0.6) is 0 Å². The van der Waals surface area contributed by atoms with E-state index in [1.807, 2.05) is 7.05 Å². The normalized spacial score (nSPS) is 30.5. The summed E-state index contributed by atoms with van der Waals surface area (Å²) < 4.78 is 0. The van der Waals surface area contributed by atoms with E-state index in [9.17, 15) is 4.79 Å². The van der Waals surface area contributed by atoms with E-state index < -0.39 is 0 Å². The highest BCUT2D eigenvalue weighted by Crippen LogP contribution is 2.15. The Morgan fingerprint density at radius 3 is 2.58 bits per heavy atom. The molecule has 1 fully saturated rings. The van der Waals surface area contributed by atoms with Crippen LogP contribution in [0, 0.1) is 5.92 Å². The molecule has 0 spiro atoms. The molecule has 12 heavy (non-hydrogen) atoms. The van der Waals surface area contributed by atoms with E-state index in [-0.39, 0.29) is 11.9 Å². The standard InChI is InChI=1S/C9H18N2O/c1-6(2)7-4-5-8(10-3)9(12)11-7/h6-8,10H,4-5H2,1-3H3,(H,11,12). The summed E-state index contributed by atoms with van der Waals surface area (Å²) in [5.74, 6) is 0.703. The largest absolute Gasteiger partial charge is 0.352 e. The second-order valence-corrected chi connectivity index (χ2v) is 3.78. The van der Waals surface area contributed by atoms with Gasteiger partial charge in [0.25, 0.3) is 0 Å². The van der Waals surface area contributed by atoms with E-state index in [1.54, 1.807) is 0 Å². The van der Waals surface area contributed by atoms with E-state index in [2.05, 4.69) is 24.5 Å². The van der Waals surface area contributed by atoms with Crippen molar-refractivity contribution in [2.75, 3.05) is 7.05 Å². The minimum absolute atomic E-state index is 0.0278. The van der Waals surface area contributed by atoms with Crippen molar-refractivity contribution in [3.63, 3.8) is 0 Å². The summed E-state index contributed by atoms with van der Waals surface area (Å²) in [6.45, 7) is 4.29. The fourth-order valence-electron chi connectivity index (χ4n) is 1.61. The van der Waals surface area contributed by atoms with Crippen LogP contribution < -0.4 is 10.6 Å². The van der Waals surface area contributed by atoms with E-state index in [1.165, 1.54) is 0 Å². The first-order valence-corrected chi connectivity index (χ1v) is 4.62. The van der Waals surface area contributed by atoms with Crippen LogP contribution in [0.25, 0.3) is 0 Å². The summed E-state index contributed by atoms with van der Waals surface area (Å²) in [6, 6.07) is 0.405. The first-order valence-electron chi connectivity index (χ1n) is 4.62. The van der Waals surface area contributed by atoms with Gasteiger partial charge in [-0.15, -0.1) is 0 Å². The molecular weight excluding hydrogens is 152 g/mol. The third kappa shape index (κ3) is 1.97. The Kier molecular flexibility index (Phi) is 3.09. The van der Waals surface area contributed by atoms with Gasteiger partial charge in [0.1, 0.15) is 0 Å². The number of likely N-dealkylation sites (N-methyl/N-ethyl adjacent to an activating group) is 1. The molecule has 0 bridgehead atoms. The lowest BCUT2D eigenvalue weighted by atomic mass is 9.92. The van der Waals surface area contributed by atoms with Crippen molar-refractivity contribution in [1.29, 1.82) is 0 Å². The van der Waals surface area contributed by atoms with Gasteiger partial charge >= 0.3 is 0 Å². The maximum Gasteiger partial charge on any atom is 0.237 e. The minimum atomic E-state index is 0.0278. The highest BCUT2D eigenvalue weighted by Gasteiger charge is 2.27. The fourth-order valence-corrected chi connectivity index (χ4v) is 1.61. The second kappa shape index (κ2) is 3.90. The van der Waals surface area contributed by atoms with Crippen LogP contribution in [0.4, 0.5) is 0 Å². The summed E-state index contributed by atoms with van der Waals surface area (Å²) >= 11 is 0. The summed E-state index contributed by atoms with van der Waals surface area (Å²) in [4.78, 5) is 11.4. The van der Waals surface area contributed by atoms with E-state index in [0.29, 0.717) is 12.0 Å². The van der Waals surface area contributed by atoms with Gasteiger partial charge in [-0.3, -0.25) is 4.79 Å². The van der Waals surface area contributed by atoms with Crippen LogP contribution in [0.15, 0.2) is 0 Å². The quantitative estimate of drug-likeness (QED) is 0.634. The van der Waals surface area contributed by atoms with Gasteiger partial charge in [-0.25, -0.2) is 0 Å². The molecule has 70 valence electrons. The molecule has 1 aliphatic heterocycles. The van der Waals surface area contributed by atoms with Gasteiger partial charge in [0.2, 0.25) is 5.91 Å². The lowest BCUT2D eigenvalue weighted by Crippen LogP contribution is -2.53. The maximum absolute atomic E-state index is 11.4. The van der Waals surface area contributed by atoms with Crippen LogP contribution in [0.3, 0.4) is 0 Å². The molecule has 1 heterocycles. The topological polar surface area (TPSA) is 41.1 Å². The van der Waals surface area contributed by atoms with Gasteiger partial charge < -0.3 is 10.6 Å². The molecule has 2 unspecified atom stereocenters. The predicted molar refractivity (Wildman–Crippen MR) is 48.9 cm³/mol. The summed E-state index contributed by atoms with van der Waals surface area (Å²) in [7, 11) is 1.83. The van der Waals surface area contributed by atoms with Crippen molar-refractivity contribution in [3.8, 4) is 0 Å². The van der Waals surface area contributed by atoms with Crippen LogP contribution in [0.1, 0.15) is 26.7 Å². The number of hydrogen-bond donors (Lipinski definition) is 2. The maximum atomic E-state index is 11.4. The molecule has 0 aromatic rings. The number of piperidine rings is 1. The Bertz CT molecular complexity index is 168. The third-order valence-electron chi connectivity index (χ3n) is 2.56. The highest BCUT2D eigenvalue weighted by atomic mass is 16.2. The Morgan fingerprint density at radius 2 is 2.17 bits per heavy atom. The lowest BCUT2D eigenvalue weighted by molar-refractivity contribution is -0.125. The molecule has 0 aromatic heterocycles. The number of carbonyl (C=O) groups is 1. The molecule has 3 heteroatoms. The Balaban J connectivity index is 2.46. The molecule has 1 aliphatic rings. The molecule has 0 aliphatic carbocycles. The Hall–Kier alpha value is -0.570. The van der Waals surface area contributed by atoms with E-state index in [0.717, 1.165) is 12.8 Å². The number of carbonyl (C=O) groups excluding carboxylic acids is 1. The van der Waals surface area contributed by atoms with Gasteiger partial charge in [-0.05, 0) is 25.8 Å². The first-order chi connectivity index (χ1) is 5.65. The first kappa shape index (κ1) is 9.52. The molecule has 1 saturated heterocycles. The Morgan fingerprint density at radius 1 is 1.50 bits per heavy atom. The van der Waals surface area contributed by atoms with Crippen molar-refractivity contribution >= 4 is 5.91 Å². The predicted octanol–water partition coefficient (Wildman–Crippen LogP) is 0.509. The molecule has 2 atom stereocenters. The summed E-state index contributed by atoms with van der Waals surface area (Å²) in [6.07, 6.45) is 2.06. The molecule has 2 N–H and O–H groups in total. The van der Waals surface area contributed by atoms with E-state index >= 15 is 0 Å². The zero-order chi connectivity index (χ0) is 9.14. The molecule has 0 aromatic carbocycles. The zero-order valence-electron chi connectivity index (χ0n) is 8.05. The lowest BCUT2D eigenvalue weighted by Gasteiger charge is -2.31.